The molecule has 1 aromatic carbocycles. The van der Waals surface area contributed by atoms with Crippen LogP contribution in [0.2, 0.25) is 0 Å². The minimum atomic E-state index is -0.227. The van der Waals surface area contributed by atoms with Crippen molar-refractivity contribution < 1.29 is 9.13 Å². The van der Waals surface area contributed by atoms with Gasteiger partial charge in [-0.25, -0.2) is 4.39 Å². The van der Waals surface area contributed by atoms with Crippen LogP contribution in [0.15, 0.2) is 35.7 Å². The molecule has 1 atom stereocenters. The highest BCUT2D eigenvalue weighted by Crippen LogP contribution is 2.26. The monoisotopic (exact) mass is 293 g/mol. The van der Waals surface area contributed by atoms with Crippen LogP contribution in [0, 0.1) is 5.82 Å². The van der Waals surface area contributed by atoms with Gasteiger partial charge in [0.05, 0.1) is 6.61 Å². The molecule has 0 radical (unpaired) electrons. The summed E-state index contributed by atoms with van der Waals surface area (Å²) < 4.78 is 19.2. The first kappa shape index (κ1) is 15.0. The van der Waals surface area contributed by atoms with Crippen molar-refractivity contribution in [2.45, 2.75) is 26.3 Å². The van der Waals surface area contributed by atoms with Crippen LogP contribution in [0.25, 0.3) is 0 Å². The average Bonchev–Trinajstić information content (AvgIpc) is 2.94. The van der Waals surface area contributed by atoms with Crippen molar-refractivity contribution in [2.24, 2.45) is 0 Å². The van der Waals surface area contributed by atoms with Crippen LogP contribution in [0.3, 0.4) is 0 Å². The maximum absolute atomic E-state index is 13.4. The third-order valence-electron chi connectivity index (χ3n) is 3.13. The third-order valence-corrected chi connectivity index (χ3v) is 4.07. The number of thiophene rings is 1. The molecule has 0 fully saturated rings. The van der Waals surface area contributed by atoms with Crippen molar-refractivity contribution in [2.75, 3.05) is 13.2 Å². The maximum atomic E-state index is 13.4. The lowest BCUT2D eigenvalue weighted by Gasteiger charge is -2.17. The second kappa shape index (κ2) is 7.41. The van der Waals surface area contributed by atoms with Crippen molar-refractivity contribution in [3.8, 4) is 5.75 Å². The van der Waals surface area contributed by atoms with Crippen molar-refractivity contribution in [1.29, 1.82) is 0 Å². The number of ether oxygens (including phenoxy) is 1. The minimum absolute atomic E-state index is 0.0763. The first-order valence-electron chi connectivity index (χ1n) is 6.88. The van der Waals surface area contributed by atoms with Crippen molar-refractivity contribution in [1.82, 2.24) is 5.32 Å². The Morgan fingerprint density at radius 3 is 2.90 bits per heavy atom. The molecule has 1 unspecified atom stereocenters. The lowest BCUT2D eigenvalue weighted by Crippen LogP contribution is -2.19. The van der Waals surface area contributed by atoms with Gasteiger partial charge in [0.2, 0.25) is 0 Å². The third kappa shape index (κ3) is 4.05. The van der Waals surface area contributed by atoms with E-state index in [0.29, 0.717) is 6.61 Å². The predicted octanol–water partition coefficient (Wildman–Crippen LogP) is 4.18. The summed E-state index contributed by atoms with van der Waals surface area (Å²) in [4.78, 5) is 1.30. The molecule has 0 saturated heterocycles. The van der Waals surface area contributed by atoms with E-state index in [4.69, 9.17) is 4.74 Å². The Labute approximate surface area is 123 Å². The van der Waals surface area contributed by atoms with E-state index < -0.39 is 0 Å². The van der Waals surface area contributed by atoms with Gasteiger partial charge in [-0.05, 0) is 43.1 Å². The van der Waals surface area contributed by atoms with Gasteiger partial charge in [0.25, 0.3) is 0 Å². The number of benzene rings is 1. The van der Waals surface area contributed by atoms with Crippen LogP contribution >= 0.6 is 11.3 Å². The summed E-state index contributed by atoms with van der Waals surface area (Å²) in [7, 11) is 0. The summed E-state index contributed by atoms with van der Waals surface area (Å²) in [5.74, 6) is 0.534. The van der Waals surface area contributed by atoms with E-state index in [1.54, 1.807) is 23.5 Å². The molecule has 0 saturated carbocycles. The van der Waals surface area contributed by atoms with Crippen molar-refractivity contribution in [3.63, 3.8) is 0 Å². The molecule has 2 rings (SSSR count). The van der Waals surface area contributed by atoms with Gasteiger partial charge < -0.3 is 10.1 Å². The topological polar surface area (TPSA) is 21.3 Å². The van der Waals surface area contributed by atoms with E-state index in [9.17, 15) is 4.39 Å². The molecule has 1 aromatic heterocycles. The van der Waals surface area contributed by atoms with Crippen LogP contribution < -0.4 is 10.1 Å². The lowest BCUT2D eigenvalue weighted by molar-refractivity contribution is 0.315. The first-order chi connectivity index (χ1) is 9.70. The van der Waals surface area contributed by atoms with Gasteiger partial charge in [-0.15, -0.1) is 11.3 Å². The summed E-state index contributed by atoms with van der Waals surface area (Å²) in [6.45, 7) is 5.50. The number of nitrogens with one attached hydrogen (secondary N) is 1. The van der Waals surface area contributed by atoms with Gasteiger partial charge in [-0.2, -0.15) is 0 Å². The fourth-order valence-electron chi connectivity index (χ4n) is 2.12. The average molecular weight is 293 g/mol. The molecule has 0 amide bonds. The standard InChI is InChI=1S/C16H20FNOS/c1-3-18-12(2)15-11-13(17)6-7-16(15)19-9-8-14-5-4-10-20-14/h4-7,10-12,18H,3,8-9H2,1-2H3. The Hall–Kier alpha value is -1.39. The molecule has 2 nitrogen and oxygen atoms in total. The van der Waals surface area contributed by atoms with E-state index in [-0.39, 0.29) is 11.9 Å². The number of halogens is 1. The summed E-state index contributed by atoms with van der Waals surface area (Å²) >= 11 is 1.73. The Morgan fingerprint density at radius 1 is 1.35 bits per heavy atom. The molecular formula is C16H20FNOS. The highest BCUT2D eigenvalue weighted by Gasteiger charge is 2.12. The van der Waals surface area contributed by atoms with E-state index in [2.05, 4.69) is 16.8 Å². The molecule has 4 heteroatoms. The number of rotatable bonds is 7. The van der Waals surface area contributed by atoms with Gasteiger partial charge in [-0.1, -0.05) is 13.0 Å². The van der Waals surface area contributed by atoms with E-state index in [0.717, 1.165) is 24.3 Å². The molecule has 1 heterocycles. The van der Waals surface area contributed by atoms with E-state index >= 15 is 0 Å². The Kier molecular flexibility index (Phi) is 5.56. The Morgan fingerprint density at radius 2 is 2.20 bits per heavy atom. The normalized spacial score (nSPS) is 12.3. The van der Waals surface area contributed by atoms with Crippen LogP contribution in [0.4, 0.5) is 4.39 Å². The fraction of sp³-hybridized carbons (Fsp3) is 0.375. The smallest absolute Gasteiger partial charge is 0.124 e. The first-order valence-corrected chi connectivity index (χ1v) is 7.76. The van der Waals surface area contributed by atoms with Crippen molar-refractivity contribution >= 4 is 11.3 Å². The summed E-state index contributed by atoms with van der Waals surface area (Å²) in [5, 5.41) is 5.35. The fourth-order valence-corrected chi connectivity index (χ4v) is 2.81. The maximum Gasteiger partial charge on any atom is 0.124 e. The molecule has 1 N–H and O–H groups in total. The van der Waals surface area contributed by atoms with Gasteiger partial charge in [0.1, 0.15) is 11.6 Å². The van der Waals surface area contributed by atoms with Gasteiger partial charge in [-0.3, -0.25) is 0 Å². The van der Waals surface area contributed by atoms with Crippen LogP contribution in [-0.4, -0.2) is 13.2 Å². The molecule has 108 valence electrons. The molecule has 20 heavy (non-hydrogen) atoms. The van der Waals surface area contributed by atoms with Crippen molar-refractivity contribution in [3.05, 3.63) is 52.0 Å². The number of hydrogen-bond acceptors (Lipinski definition) is 3. The molecule has 0 spiro atoms. The SMILES string of the molecule is CCNC(C)c1cc(F)ccc1OCCc1cccs1. The van der Waals surface area contributed by atoms with Crippen LogP contribution in [0.1, 0.15) is 30.3 Å². The summed E-state index contributed by atoms with van der Waals surface area (Å²) in [5.41, 5.74) is 0.873. The molecule has 0 aliphatic heterocycles. The van der Waals surface area contributed by atoms with Gasteiger partial charge in [0.15, 0.2) is 0 Å². The number of hydrogen-bond donors (Lipinski definition) is 1. The quantitative estimate of drug-likeness (QED) is 0.827. The molecular weight excluding hydrogens is 273 g/mol. The zero-order chi connectivity index (χ0) is 14.4. The van der Waals surface area contributed by atoms with Gasteiger partial charge in [0, 0.05) is 22.9 Å². The van der Waals surface area contributed by atoms with Crippen LogP contribution in [-0.2, 0) is 6.42 Å². The van der Waals surface area contributed by atoms with Crippen LogP contribution in [0.5, 0.6) is 5.75 Å². The zero-order valence-electron chi connectivity index (χ0n) is 11.9. The summed E-state index contributed by atoms with van der Waals surface area (Å²) in [6.07, 6.45) is 0.879. The molecule has 0 aliphatic rings. The molecule has 2 aromatic rings. The predicted molar refractivity (Wildman–Crippen MR) is 82.0 cm³/mol. The molecule has 0 aliphatic carbocycles. The second-order valence-electron chi connectivity index (χ2n) is 4.64. The minimum Gasteiger partial charge on any atom is -0.493 e. The summed E-state index contributed by atoms with van der Waals surface area (Å²) in [6, 6.07) is 8.92. The Bertz CT molecular complexity index is 527. The second-order valence-corrected chi connectivity index (χ2v) is 5.67. The molecule has 0 bridgehead atoms. The lowest BCUT2D eigenvalue weighted by atomic mass is 10.1. The largest absolute Gasteiger partial charge is 0.493 e. The zero-order valence-corrected chi connectivity index (χ0v) is 12.7. The van der Waals surface area contributed by atoms with E-state index in [1.165, 1.54) is 10.9 Å². The highest BCUT2D eigenvalue weighted by atomic mass is 32.1. The van der Waals surface area contributed by atoms with Gasteiger partial charge >= 0.3 is 0 Å². The highest BCUT2D eigenvalue weighted by molar-refractivity contribution is 7.09. The van der Waals surface area contributed by atoms with E-state index in [1.807, 2.05) is 19.9 Å². The Balaban J connectivity index is 2.02.